The second-order valence-electron chi connectivity index (χ2n) is 6.04. The molecule has 0 saturated heterocycles. The number of aromatic hydroxyl groups is 1. The van der Waals surface area contributed by atoms with Crippen molar-refractivity contribution >= 4 is 17.3 Å². The van der Waals surface area contributed by atoms with E-state index in [2.05, 4.69) is 10.5 Å². The van der Waals surface area contributed by atoms with Gasteiger partial charge in [0.2, 0.25) is 0 Å². The number of ketones is 1. The Labute approximate surface area is 154 Å². The van der Waals surface area contributed by atoms with Gasteiger partial charge in [0.15, 0.2) is 11.6 Å². The van der Waals surface area contributed by atoms with Crippen molar-refractivity contribution in [2.45, 2.75) is 19.4 Å². The van der Waals surface area contributed by atoms with Crippen LogP contribution in [0.5, 0.6) is 5.75 Å². The first kappa shape index (κ1) is 18.1. The number of nitro benzene ring substituents is 1. The van der Waals surface area contributed by atoms with Crippen LogP contribution in [0, 0.1) is 17.0 Å². The maximum atomic E-state index is 12.6. The minimum Gasteiger partial charge on any atom is -0.508 e. The molecule has 8 nitrogen and oxygen atoms in total. The molecule has 8 heteroatoms. The maximum absolute atomic E-state index is 12.6. The highest BCUT2D eigenvalue weighted by Crippen LogP contribution is 2.26. The fourth-order valence-electron chi connectivity index (χ4n) is 2.64. The molecule has 0 aliphatic rings. The Balaban J connectivity index is 1.85. The van der Waals surface area contributed by atoms with Crippen molar-refractivity contribution in [1.82, 2.24) is 5.16 Å². The maximum Gasteiger partial charge on any atom is 0.269 e. The lowest BCUT2D eigenvalue weighted by Gasteiger charge is -2.18. The monoisotopic (exact) mass is 367 g/mol. The third-order valence-electron chi connectivity index (χ3n) is 4.04. The third kappa shape index (κ3) is 4.49. The number of hydrogen-bond acceptors (Lipinski definition) is 7. The molecule has 3 aromatic rings. The number of aromatic nitrogens is 1. The number of Topliss-reactive ketones (excluding diaryl/α,β-unsaturated/α-hetero) is 1. The summed E-state index contributed by atoms with van der Waals surface area (Å²) in [6.07, 6.45) is 0.0918. The van der Waals surface area contributed by atoms with Crippen LogP contribution in [0.2, 0.25) is 0 Å². The Hall–Kier alpha value is -3.68. The molecule has 0 radical (unpaired) electrons. The van der Waals surface area contributed by atoms with Gasteiger partial charge in [-0.05, 0) is 36.8 Å². The Bertz CT molecular complexity index is 948. The van der Waals surface area contributed by atoms with Gasteiger partial charge in [0, 0.05) is 30.2 Å². The van der Waals surface area contributed by atoms with Gasteiger partial charge in [-0.25, -0.2) is 0 Å². The summed E-state index contributed by atoms with van der Waals surface area (Å²) >= 11 is 0. The van der Waals surface area contributed by atoms with Crippen molar-refractivity contribution in [1.29, 1.82) is 0 Å². The number of aryl methyl sites for hydroxylation is 1. The molecule has 0 saturated carbocycles. The minimum absolute atomic E-state index is 0.0281. The van der Waals surface area contributed by atoms with Crippen molar-refractivity contribution in [3.8, 4) is 5.75 Å². The minimum atomic E-state index is -0.477. The van der Waals surface area contributed by atoms with Crippen LogP contribution >= 0.6 is 0 Å². The highest BCUT2D eigenvalue weighted by Gasteiger charge is 2.20. The molecule has 1 unspecified atom stereocenters. The van der Waals surface area contributed by atoms with Crippen molar-refractivity contribution in [3.63, 3.8) is 0 Å². The van der Waals surface area contributed by atoms with Gasteiger partial charge >= 0.3 is 0 Å². The molecule has 0 amide bonds. The van der Waals surface area contributed by atoms with E-state index in [1.165, 1.54) is 24.3 Å². The summed E-state index contributed by atoms with van der Waals surface area (Å²) in [6, 6.07) is 13.2. The summed E-state index contributed by atoms with van der Waals surface area (Å²) < 4.78 is 5.04. The molecule has 0 bridgehead atoms. The van der Waals surface area contributed by atoms with Crippen LogP contribution in [0.3, 0.4) is 0 Å². The molecule has 3 rings (SSSR count). The van der Waals surface area contributed by atoms with Crippen molar-refractivity contribution in [2.24, 2.45) is 0 Å². The number of carbonyl (C=O) groups excluding carboxylic acids is 1. The molecule has 27 heavy (non-hydrogen) atoms. The van der Waals surface area contributed by atoms with E-state index in [0.29, 0.717) is 22.7 Å². The number of rotatable bonds is 7. The molecule has 2 N–H and O–H groups in total. The first-order valence-electron chi connectivity index (χ1n) is 8.19. The van der Waals surface area contributed by atoms with E-state index >= 15 is 0 Å². The largest absolute Gasteiger partial charge is 0.508 e. The van der Waals surface area contributed by atoms with E-state index in [0.717, 1.165) is 0 Å². The molecular weight excluding hydrogens is 350 g/mol. The number of nitrogens with one attached hydrogen (secondary N) is 1. The molecular formula is C19H17N3O5. The number of phenolic OH excluding ortho intramolecular Hbond substituents is 1. The Kier molecular flexibility index (Phi) is 5.16. The van der Waals surface area contributed by atoms with Crippen LogP contribution in [-0.2, 0) is 0 Å². The highest BCUT2D eigenvalue weighted by molar-refractivity contribution is 5.96. The molecule has 1 heterocycles. The van der Waals surface area contributed by atoms with E-state index in [1.807, 2.05) is 0 Å². The quantitative estimate of drug-likeness (QED) is 0.368. The van der Waals surface area contributed by atoms with E-state index < -0.39 is 11.0 Å². The lowest BCUT2D eigenvalue weighted by atomic mass is 9.97. The number of non-ortho nitro benzene ring substituents is 1. The number of nitro groups is 1. The molecule has 0 aliphatic heterocycles. The number of nitrogens with zero attached hydrogens (tertiary/aromatic N) is 2. The number of phenols is 1. The van der Waals surface area contributed by atoms with Gasteiger partial charge in [-0.15, -0.1) is 0 Å². The fraction of sp³-hybridized carbons (Fsp3) is 0.158. The summed E-state index contributed by atoms with van der Waals surface area (Å²) in [5, 5.41) is 27.2. The van der Waals surface area contributed by atoms with Crippen LogP contribution in [-0.4, -0.2) is 21.0 Å². The summed E-state index contributed by atoms with van der Waals surface area (Å²) in [5.41, 5.74) is 1.13. The average molecular weight is 367 g/mol. The highest BCUT2D eigenvalue weighted by atomic mass is 16.6. The second-order valence-corrected chi connectivity index (χ2v) is 6.04. The van der Waals surface area contributed by atoms with Crippen LogP contribution in [0.1, 0.15) is 34.1 Å². The molecule has 1 aromatic heterocycles. The zero-order chi connectivity index (χ0) is 19.4. The molecule has 2 aromatic carbocycles. The lowest BCUT2D eigenvalue weighted by Crippen LogP contribution is -2.16. The van der Waals surface area contributed by atoms with Crippen LogP contribution < -0.4 is 5.32 Å². The van der Waals surface area contributed by atoms with Gasteiger partial charge < -0.3 is 14.9 Å². The molecule has 1 atom stereocenters. The van der Waals surface area contributed by atoms with E-state index in [1.54, 1.807) is 37.3 Å². The van der Waals surface area contributed by atoms with Crippen LogP contribution in [0.15, 0.2) is 59.1 Å². The molecule has 0 fully saturated rings. The first-order chi connectivity index (χ1) is 12.9. The molecule has 0 spiro atoms. The number of carbonyl (C=O) groups is 1. The fourth-order valence-corrected chi connectivity index (χ4v) is 2.64. The van der Waals surface area contributed by atoms with Crippen molar-refractivity contribution in [3.05, 3.63) is 81.6 Å². The van der Waals surface area contributed by atoms with Gasteiger partial charge in [0.1, 0.15) is 11.5 Å². The molecule has 138 valence electrons. The van der Waals surface area contributed by atoms with E-state index in [9.17, 15) is 20.0 Å². The van der Waals surface area contributed by atoms with Crippen LogP contribution in [0.4, 0.5) is 11.5 Å². The average Bonchev–Trinajstić information content (AvgIpc) is 3.06. The lowest BCUT2D eigenvalue weighted by molar-refractivity contribution is -0.384. The van der Waals surface area contributed by atoms with Crippen molar-refractivity contribution < 1.29 is 19.3 Å². The second kappa shape index (κ2) is 7.69. The number of hydrogen-bond donors (Lipinski definition) is 2. The Morgan fingerprint density at radius 1 is 1.22 bits per heavy atom. The first-order valence-corrected chi connectivity index (χ1v) is 8.19. The zero-order valence-electron chi connectivity index (χ0n) is 14.5. The zero-order valence-corrected chi connectivity index (χ0v) is 14.5. The third-order valence-corrected chi connectivity index (χ3v) is 4.04. The van der Waals surface area contributed by atoms with Gasteiger partial charge in [0.25, 0.3) is 5.69 Å². The van der Waals surface area contributed by atoms with Gasteiger partial charge in [-0.1, -0.05) is 17.3 Å². The van der Waals surface area contributed by atoms with E-state index in [4.69, 9.17) is 4.52 Å². The Morgan fingerprint density at radius 3 is 2.44 bits per heavy atom. The van der Waals surface area contributed by atoms with Gasteiger partial charge in [-0.2, -0.15) is 0 Å². The van der Waals surface area contributed by atoms with Crippen molar-refractivity contribution in [2.75, 3.05) is 5.32 Å². The normalized spacial score (nSPS) is 11.7. The molecule has 0 aliphatic carbocycles. The number of benzene rings is 2. The van der Waals surface area contributed by atoms with Crippen LogP contribution in [0.25, 0.3) is 0 Å². The summed E-state index contributed by atoms with van der Waals surface area (Å²) in [7, 11) is 0. The van der Waals surface area contributed by atoms with Gasteiger partial charge in [-0.3, -0.25) is 14.9 Å². The predicted octanol–water partition coefficient (Wildman–Crippen LogP) is 4.02. The topological polar surface area (TPSA) is 118 Å². The number of anilines is 1. The SMILES string of the molecule is Cc1cc(NC(CC(=O)c2ccc(O)cc2)c2ccc([N+](=O)[O-])cc2)no1. The summed E-state index contributed by atoms with van der Waals surface area (Å²) in [5.74, 6) is 1.01. The summed E-state index contributed by atoms with van der Waals surface area (Å²) in [6.45, 7) is 1.75. The Morgan fingerprint density at radius 2 is 1.89 bits per heavy atom. The van der Waals surface area contributed by atoms with E-state index in [-0.39, 0.29) is 23.6 Å². The van der Waals surface area contributed by atoms with Gasteiger partial charge in [0.05, 0.1) is 11.0 Å². The predicted molar refractivity (Wildman–Crippen MR) is 97.8 cm³/mol. The summed E-state index contributed by atoms with van der Waals surface area (Å²) in [4.78, 5) is 23.0. The smallest absolute Gasteiger partial charge is 0.269 e. The standard InChI is InChI=1S/C19H17N3O5/c1-12-10-19(21-27-12)20-17(13-2-6-15(7-3-13)22(25)26)11-18(24)14-4-8-16(23)9-5-14/h2-10,17,23H,11H2,1H3,(H,20,21).